The molecule has 0 saturated carbocycles. The Bertz CT molecular complexity index is 674. The molecule has 0 radical (unpaired) electrons. The van der Waals surface area contributed by atoms with E-state index in [1.54, 1.807) is 30.3 Å². The zero-order valence-electron chi connectivity index (χ0n) is 10.6. The van der Waals surface area contributed by atoms with E-state index in [9.17, 15) is 4.39 Å². The third-order valence-electron chi connectivity index (χ3n) is 2.45. The number of halogens is 3. The summed E-state index contributed by atoms with van der Waals surface area (Å²) in [5.41, 5.74) is 3.96. The van der Waals surface area contributed by atoms with E-state index in [0.717, 1.165) is 0 Å². The molecule has 2 N–H and O–H groups in total. The van der Waals surface area contributed by atoms with E-state index in [1.165, 1.54) is 18.3 Å². The van der Waals surface area contributed by atoms with Gasteiger partial charge < -0.3 is 5.32 Å². The highest BCUT2D eigenvalue weighted by Gasteiger charge is 2.01. The van der Waals surface area contributed by atoms with E-state index in [4.69, 9.17) is 35.4 Å². The lowest BCUT2D eigenvalue weighted by Crippen LogP contribution is -2.23. The van der Waals surface area contributed by atoms with Crippen LogP contribution in [0.4, 0.5) is 10.1 Å². The van der Waals surface area contributed by atoms with E-state index in [2.05, 4.69) is 15.8 Å². The summed E-state index contributed by atoms with van der Waals surface area (Å²) in [5.74, 6) is -0.312. The second-order valence-corrected chi connectivity index (χ2v) is 5.17. The van der Waals surface area contributed by atoms with Crippen LogP contribution in [0.1, 0.15) is 5.56 Å². The first-order valence-corrected chi connectivity index (χ1v) is 7.02. The smallest absolute Gasteiger partial charge is 0.191 e. The Kier molecular flexibility index (Phi) is 5.50. The van der Waals surface area contributed by atoms with Gasteiger partial charge in [-0.1, -0.05) is 35.3 Å². The lowest BCUT2D eigenvalue weighted by Gasteiger charge is -2.06. The van der Waals surface area contributed by atoms with Gasteiger partial charge in [0.05, 0.1) is 16.3 Å². The summed E-state index contributed by atoms with van der Waals surface area (Å²) < 4.78 is 12.8. The Hall–Kier alpha value is -1.69. The average molecular weight is 342 g/mol. The van der Waals surface area contributed by atoms with Crippen LogP contribution >= 0.6 is 35.4 Å². The first-order valence-electron chi connectivity index (χ1n) is 5.86. The number of hydrazone groups is 1. The summed E-state index contributed by atoms with van der Waals surface area (Å²) in [4.78, 5) is 0. The lowest BCUT2D eigenvalue weighted by molar-refractivity contribution is 0.628. The Morgan fingerprint density at radius 2 is 1.86 bits per heavy atom. The number of nitrogens with one attached hydrogen (secondary N) is 2. The zero-order chi connectivity index (χ0) is 15.2. The summed E-state index contributed by atoms with van der Waals surface area (Å²) in [6.07, 6.45) is 1.51. The van der Waals surface area contributed by atoms with E-state index in [1.807, 2.05) is 0 Å². The van der Waals surface area contributed by atoms with Crippen molar-refractivity contribution in [1.82, 2.24) is 5.43 Å². The molecule has 2 aromatic carbocycles. The highest BCUT2D eigenvalue weighted by molar-refractivity contribution is 7.80. The van der Waals surface area contributed by atoms with Crippen LogP contribution < -0.4 is 10.7 Å². The molecule has 108 valence electrons. The van der Waals surface area contributed by atoms with Gasteiger partial charge in [0.25, 0.3) is 0 Å². The molecular weight excluding hydrogens is 332 g/mol. The van der Waals surface area contributed by atoms with Crippen molar-refractivity contribution in [2.45, 2.75) is 0 Å². The summed E-state index contributed by atoms with van der Waals surface area (Å²) in [6.45, 7) is 0. The van der Waals surface area contributed by atoms with E-state index in [-0.39, 0.29) is 10.9 Å². The minimum Gasteiger partial charge on any atom is -0.331 e. The molecule has 0 aliphatic heterocycles. The van der Waals surface area contributed by atoms with E-state index in [0.29, 0.717) is 21.3 Å². The minimum absolute atomic E-state index is 0.274. The quantitative estimate of drug-likeness (QED) is 0.491. The fourth-order valence-electron chi connectivity index (χ4n) is 1.47. The normalized spacial score (nSPS) is 10.6. The van der Waals surface area contributed by atoms with Crippen LogP contribution in [0.2, 0.25) is 10.0 Å². The maximum absolute atomic E-state index is 12.8. The molecule has 0 atom stereocenters. The summed E-state index contributed by atoms with van der Waals surface area (Å²) in [5, 5.41) is 7.97. The zero-order valence-corrected chi connectivity index (χ0v) is 12.9. The Morgan fingerprint density at radius 3 is 2.57 bits per heavy atom. The summed E-state index contributed by atoms with van der Waals surface area (Å²) >= 11 is 17.0. The van der Waals surface area contributed by atoms with Gasteiger partial charge in [-0.05, 0) is 42.5 Å². The second kappa shape index (κ2) is 7.36. The van der Waals surface area contributed by atoms with Crippen molar-refractivity contribution in [3.05, 3.63) is 63.9 Å². The molecule has 2 rings (SSSR count). The Labute approximate surface area is 136 Å². The maximum atomic E-state index is 12.8. The van der Waals surface area contributed by atoms with Crippen LogP contribution in [-0.2, 0) is 0 Å². The monoisotopic (exact) mass is 341 g/mol. The molecule has 3 nitrogen and oxygen atoms in total. The number of thiocarbonyl (C=S) groups is 1. The molecule has 0 aliphatic rings. The lowest BCUT2D eigenvalue weighted by atomic mass is 10.2. The minimum atomic E-state index is -0.312. The predicted molar refractivity (Wildman–Crippen MR) is 89.8 cm³/mol. The van der Waals surface area contributed by atoms with Crippen molar-refractivity contribution in [3.8, 4) is 0 Å². The standard InChI is InChI=1S/C14H10Cl2FN3S/c15-12-3-1-2-9(13(12)16)8-18-20-14(21)19-11-6-4-10(17)5-7-11/h1-8H,(H2,19,20,21). The number of benzene rings is 2. The molecular formula is C14H10Cl2FN3S. The molecule has 0 spiro atoms. The predicted octanol–water partition coefficient (Wildman–Crippen LogP) is 4.45. The second-order valence-electron chi connectivity index (χ2n) is 3.97. The molecule has 0 unspecified atom stereocenters. The first kappa shape index (κ1) is 15.7. The topological polar surface area (TPSA) is 36.4 Å². The average Bonchev–Trinajstić information content (AvgIpc) is 2.46. The van der Waals surface area contributed by atoms with Gasteiger partial charge in [-0.3, -0.25) is 5.43 Å². The van der Waals surface area contributed by atoms with Crippen molar-refractivity contribution in [1.29, 1.82) is 0 Å². The van der Waals surface area contributed by atoms with Crippen molar-refractivity contribution in [2.24, 2.45) is 5.10 Å². The fourth-order valence-corrected chi connectivity index (χ4v) is 2.00. The molecule has 0 saturated heterocycles. The van der Waals surface area contributed by atoms with Gasteiger partial charge in [0.2, 0.25) is 0 Å². The van der Waals surface area contributed by atoms with Gasteiger partial charge in [-0.25, -0.2) is 4.39 Å². The van der Waals surface area contributed by atoms with Gasteiger partial charge in [0.1, 0.15) is 5.82 Å². The van der Waals surface area contributed by atoms with Crippen LogP contribution in [0.15, 0.2) is 47.6 Å². The van der Waals surface area contributed by atoms with E-state index >= 15 is 0 Å². The number of anilines is 1. The molecule has 2 aromatic rings. The van der Waals surface area contributed by atoms with Crippen molar-refractivity contribution in [3.63, 3.8) is 0 Å². The molecule has 0 aromatic heterocycles. The maximum Gasteiger partial charge on any atom is 0.191 e. The molecule has 7 heteroatoms. The van der Waals surface area contributed by atoms with Crippen LogP contribution in [0.5, 0.6) is 0 Å². The Morgan fingerprint density at radius 1 is 1.14 bits per heavy atom. The number of rotatable bonds is 3. The van der Waals surface area contributed by atoms with Crippen LogP contribution in [0.25, 0.3) is 0 Å². The number of hydrogen-bond donors (Lipinski definition) is 2. The van der Waals surface area contributed by atoms with Gasteiger partial charge in [-0.15, -0.1) is 0 Å². The third kappa shape index (κ3) is 4.67. The van der Waals surface area contributed by atoms with Crippen molar-refractivity contribution < 1.29 is 4.39 Å². The molecule has 21 heavy (non-hydrogen) atoms. The molecule has 0 amide bonds. The van der Waals surface area contributed by atoms with Crippen LogP contribution in [-0.4, -0.2) is 11.3 Å². The van der Waals surface area contributed by atoms with Gasteiger partial charge >= 0.3 is 0 Å². The van der Waals surface area contributed by atoms with Gasteiger partial charge in [0, 0.05) is 11.3 Å². The summed E-state index contributed by atoms with van der Waals surface area (Å²) in [7, 11) is 0. The molecule has 0 bridgehead atoms. The number of hydrogen-bond acceptors (Lipinski definition) is 2. The fraction of sp³-hybridized carbons (Fsp3) is 0. The molecule has 0 heterocycles. The first-order chi connectivity index (χ1) is 10.1. The Balaban J connectivity index is 1.93. The highest BCUT2D eigenvalue weighted by Crippen LogP contribution is 2.24. The molecule has 0 fully saturated rings. The summed E-state index contributed by atoms with van der Waals surface area (Å²) in [6, 6.07) is 11.0. The van der Waals surface area contributed by atoms with Crippen molar-refractivity contribution in [2.75, 3.05) is 5.32 Å². The van der Waals surface area contributed by atoms with Crippen LogP contribution in [0.3, 0.4) is 0 Å². The number of nitrogens with zero attached hydrogens (tertiary/aromatic N) is 1. The molecule has 0 aliphatic carbocycles. The van der Waals surface area contributed by atoms with Gasteiger partial charge in [0.15, 0.2) is 5.11 Å². The largest absolute Gasteiger partial charge is 0.331 e. The highest BCUT2D eigenvalue weighted by atomic mass is 35.5. The van der Waals surface area contributed by atoms with E-state index < -0.39 is 0 Å². The van der Waals surface area contributed by atoms with Crippen molar-refractivity contribution >= 4 is 52.4 Å². The third-order valence-corrected chi connectivity index (χ3v) is 3.48. The SMILES string of the molecule is Fc1ccc(NC(=S)NN=Cc2cccc(Cl)c2Cl)cc1. The van der Waals surface area contributed by atoms with Gasteiger partial charge in [-0.2, -0.15) is 5.10 Å². The van der Waals surface area contributed by atoms with Crippen LogP contribution in [0, 0.1) is 5.82 Å².